The Morgan fingerprint density at radius 1 is 0.212 bits per heavy atom. The molecule has 0 aliphatic heterocycles. The van der Waals surface area contributed by atoms with Crippen molar-refractivity contribution in [2.45, 2.75) is 96.9 Å². The smallest absolute Gasteiger partial charge is 3.00 e. The Balaban J connectivity index is 0.000000210. The van der Waals surface area contributed by atoms with E-state index in [0.29, 0.717) is 0 Å². The molecule has 0 bridgehead atoms. The molecule has 3 aliphatic rings. The zero-order valence-electron chi connectivity index (χ0n) is 65.9. The molecule has 15 rings (SSSR count). The van der Waals surface area contributed by atoms with E-state index in [9.17, 15) is 75.5 Å². The molecule has 1 radical (unpaired) electrons. The van der Waals surface area contributed by atoms with Crippen molar-refractivity contribution in [2.24, 2.45) is 30.0 Å². The molecule has 0 saturated carbocycles. The monoisotopic (exact) mass is 1730 g/mol. The Bertz CT molecular complexity index is 5160. The quantitative estimate of drug-likeness (QED) is 0.122. The Kier molecular flexibility index (Phi) is 26.9. The van der Waals surface area contributed by atoms with E-state index in [1.165, 1.54) is 113 Å². The molecular formula is C88H78CrF18N8P3. The van der Waals surface area contributed by atoms with Crippen LogP contribution in [0, 0.1) is 106 Å². The molecule has 118 heavy (non-hydrogen) atoms. The third kappa shape index (κ3) is 30.5. The molecule has 0 saturated heterocycles. The molecule has 12 aromatic carbocycles. The predicted molar refractivity (Wildman–Crippen MR) is 448 cm³/mol. The van der Waals surface area contributed by atoms with Crippen molar-refractivity contribution in [2.75, 3.05) is 0 Å². The summed E-state index contributed by atoms with van der Waals surface area (Å²) in [5.41, 5.74) is 33.1. The number of hydrogen-bond acceptors (Lipinski definition) is 8. The van der Waals surface area contributed by atoms with Gasteiger partial charge in [0.1, 0.15) is 0 Å². The first kappa shape index (κ1) is 94.1. The maximum atomic E-state index is 9.87. The summed E-state index contributed by atoms with van der Waals surface area (Å²) in [7, 11) is -32.0. The molecule has 12 aromatic rings. The van der Waals surface area contributed by atoms with Crippen molar-refractivity contribution in [3.05, 3.63) is 319 Å². The molecule has 0 N–H and O–H groups in total. The van der Waals surface area contributed by atoms with Gasteiger partial charge in [-0.1, -0.05) is 146 Å². The maximum Gasteiger partial charge on any atom is 3.00 e. The molecule has 0 spiro atoms. The molecular weight excluding hydrogens is 1660 g/mol. The van der Waals surface area contributed by atoms with Crippen molar-refractivity contribution in [1.29, 1.82) is 10.5 Å². The van der Waals surface area contributed by atoms with Crippen LogP contribution < -0.4 is 0 Å². The van der Waals surface area contributed by atoms with Gasteiger partial charge in [-0.05, 0) is 239 Å². The number of aliphatic imine (C=N–C) groups is 6. The van der Waals surface area contributed by atoms with E-state index in [1.54, 1.807) is 12.1 Å². The molecule has 0 aromatic heterocycles. The topological polar surface area (TPSA) is 122 Å². The summed E-state index contributed by atoms with van der Waals surface area (Å²) in [6, 6.07) is 80.8. The second-order valence-corrected chi connectivity index (χ2v) is 34.0. The Labute approximate surface area is 681 Å². The van der Waals surface area contributed by atoms with E-state index in [-0.39, 0.29) is 17.4 Å². The fourth-order valence-electron chi connectivity index (χ4n) is 13.5. The first-order valence-electron chi connectivity index (χ1n) is 35.5. The Hall–Kier alpha value is -11.0. The van der Waals surface area contributed by atoms with Gasteiger partial charge in [-0.2, -0.15) is 10.5 Å². The van der Waals surface area contributed by atoms with Crippen LogP contribution in [0.15, 0.2) is 248 Å². The third-order valence-corrected chi connectivity index (χ3v) is 16.6. The predicted octanol–water partition coefficient (Wildman–Crippen LogP) is 33.2. The minimum absolute atomic E-state index is 0. The van der Waals surface area contributed by atoms with Gasteiger partial charge in [-0.3, -0.25) is 0 Å². The Morgan fingerprint density at radius 2 is 0.314 bits per heavy atom. The summed E-state index contributed by atoms with van der Waals surface area (Å²) in [5, 5.41) is 22.0. The second-order valence-electron chi connectivity index (χ2n) is 28.3. The van der Waals surface area contributed by atoms with Crippen molar-refractivity contribution >= 4 is 124 Å². The maximum absolute atomic E-state index is 10.7. The van der Waals surface area contributed by atoms with Gasteiger partial charge in [-0.25, -0.2) is 30.0 Å². The van der Waals surface area contributed by atoms with Gasteiger partial charge in [-0.15, -0.1) is 0 Å². The van der Waals surface area contributed by atoms with Gasteiger partial charge in [0.25, 0.3) is 0 Å². The molecule has 0 atom stereocenters. The van der Waals surface area contributed by atoms with E-state index >= 15 is 0 Å². The van der Waals surface area contributed by atoms with Crippen LogP contribution in [0.1, 0.15) is 114 Å². The summed E-state index contributed by atoms with van der Waals surface area (Å²) in [4.78, 5) is 30.8. The minimum atomic E-state index is -10.7. The van der Waals surface area contributed by atoms with Gasteiger partial charge in [0, 0.05) is 63.4 Å². The first-order chi connectivity index (χ1) is 53.6. The van der Waals surface area contributed by atoms with Crippen molar-refractivity contribution in [1.82, 2.24) is 0 Å². The standard InChI is InChI=1S/3C28H24N2.2C2H3N.Cr.3F6P/c3*1-17-11-18(2)14-22(13-17)29-27-24-9-5-7-21-8-6-10-25(26(21)24)28(27)30-23-15-19(3)12-20(4)16-23;2*1-2-3;;3*1-7(2,3,4,5)6/h3*5-16H,1-4H3;2*1H3;;;;/q;;;;;+3;3*-1. The number of nitriles is 2. The SMILES string of the molecule is CC#N.CC#N.Cc1cc(C)cc(N=C2C(=Nc3cc(C)cc(C)c3)c3cccc4cccc2c34)c1.Cc1cc(C)cc(N=C2C(=Nc3cc(C)cc(C)c3)c3cccc4cccc2c34)c1.Cc1cc(C)cc(N=C2C(=Nc3cc(C)cc(C)c3)c3cccc4cccc2c34)c1.F[P-](F)(F)(F)(F)F.F[P-](F)(F)(F)(F)F.F[P-](F)(F)(F)(F)F.[Cr+3]. The van der Waals surface area contributed by atoms with Crippen LogP contribution in [0.4, 0.5) is 110 Å². The van der Waals surface area contributed by atoms with Gasteiger partial charge < -0.3 is 0 Å². The number of hydrogen-bond donors (Lipinski definition) is 0. The largest absolute Gasteiger partial charge is 3.00 e. The van der Waals surface area contributed by atoms with Crippen LogP contribution in [0.2, 0.25) is 0 Å². The van der Waals surface area contributed by atoms with Crippen LogP contribution in [0.25, 0.3) is 32.3 Å². The summed E-state index contributed by atoms with van der Waals surface area (Å²) >= 11 is 0. The van der Waals surface area contributed by atoms with E-state index in [4.69, 9.17) is 40.5 Å². The second kappa shape index (κ2) is 33.8. The summed E-state index contributed by atoms with van der Waals surface area (Å²) in [6.45, 7) is 28.3. The average molecular weight is 1730 g/mol. The van der Waals surface area contributed by atoms with Crippen LogP contribution in [0.3, 0.4) is 0 Å². The Morgan fingerprint density at radius 3 is 0.415 bits per heavy atom. The third-order valence-electron chi connectivity index (χ3n) is 16.6. The average Bonchev–Trinajstić information content (AvgIpc) is 1.59. The molecule has 0 heterocycles. The normalized spacial score (nSPS) is 16.1. The van der Waals surface area contributed by atoms with E-state index < -0.39 is 23.4 Å². The molecule has 0 amide bonds. The van der Waals surface area contributed by atoms with Gasteiger partial charge in [0.2, 0.25) is 0 Å². The minimum Gasteiger partial charge on any atom is 3.00 e. The van der Waals surface area contributed by atoms with Gasteiger partial charge >= 0.3 is 116 Å². The fraction of sp³-hybridized carbons (Fsp3) is 0.159. The first-order valence-corrected chi connectivity index (χ1v) is 41.6. The molecule has 0 fully saturated rings. The van der Waals surface area contributed by atoms with Crippen molar-refractivity contribution in [3.8, 4) is 12.1 Å². The molecule has 3 aliphatic carbocycles. The molecule has 0 unspecified atom stereocenters. The number of rotatable bonds is 6. The van der Waals surface area contributed by atoms with Crippen LogP contribution >= 0.6 is 23.4 Å². The number of benzene rings is 12. The van der Waals surface area contributed by atoms with Crippen LogP contribution in [-0.2, 0) is 17.4 Å². The fourth-order valence-corrected chi connectivity index (χ4v) is 13.5. The van der Waals surface area contributed by atoms with Crippen LogP contribution in [0.5, 0.6) is 0 Å². The number of aryl methyl sites for hydroxylation is 12. The summed E-state index contributed by atoms with van der Waals surface area (Å²) < 4.78 is 178. The van der Waals surface area contributed by atoms with Crippen molar-refractivity contribution in [3.63, 3.8) is 0 Å². The van der Waals surface area contributed by atoms with Crippen LogP contribution in [-0.4, -0.2) is 34.3 Å². The molecule has 30 heteroatoms. The zero-order valence-corrected chi connectivity index (χ0v) is 69.9. The molecule has 617 valence electrons. The molecule has 8 nitrogen and oxygen atoms in total. The van der Waals surface area contributed by atoms with E-state index in [2.05, 4.69) is 301 Å². The number of nitrogens with zero attached hydrogens (tertiary/aromatic N) is 8. The summed E-state index contributed by atoms with van der Waals surface area (Å²) in [6.07, 6.45) is 0. The van der Waals surface area contributed by atoms with E-state index in [1.807, 2.05) is 0 Å². The zero-order chi connectivity index (χ0) is 87.1. The van der Waals surface area contributed by atoms with Gasteiger partial charge in [0.05, 0.1) is 80.5 Å². The summed E-state index contributed by atoms with van der Waals surface area (Å²) in [5.74, 6) is 0. The van der Waals surface area contributed by atoms with Crippen molar-refractivity contribution < 1.29 is 92.9 Å². The van der Waals surface area contributed by atoms with E-state index in [0.717, 1.165) is 102 Å². The van der Waals surface area contributed by atoms with Gasteiger partial charge in [0.15, 0.2) is 0 Å². The number of halogens is 18.